The van der Waals surface area contributed by atoms with Crippen LogP contribution in [0.4, 0.5) is 0 Å². The highest BCUT2D eigenvalue weighted by Crippen LogP contribution is 2.13. The van der Waals surface area contributed by atoms with Gasteiger partial charge in [0.25, 0.3) is 0 Å². The highest BCUT2D eigenvalue weighted by molar-refractivity contribution is 6.03. The van der Waals surface area contributed by atoms with Gasteiger partial charge in [0.2, 0.25) is 0 Å². The van der Waals surface area contributed by atoms with Crippen molar-refractivity contribution in [2.45, 2.75) is 0 Å². The van der Waals surface area contributed by atoms with Crippen LogP contribution in [0.5, 0.6) is 0 Å². The topological polar surface area (TPSA) is 114 Å². The van der Waals surface area contributed by atoms with E-state index in [-0.39, 0.29) is 61.9 Å². The van der Waals surface area contributed by atoms with E-state index < -0.39 is 23.9 Å². The van der Waals surface area contributed by atoms with Crippen LogP contribution in [-0.4, -0.2) is 63.5 Å². The van der Waals surface area contributed by atoms with Crippen molar-refractivity contribution >= 4 is 23.9 Å². The maximum Gasteiger partial charge on any atom is 0.339 e. The van der Waals surface area contributed by atoms with Crippen molar-refractivity contribution in [3.63, 3.8) is 0 Å². The fourth-order valence-corrected chi connectivity index (χ4v) is 2.86. The van der Waals surface area contributed by atoms with Crippen LogP contribution in [-0.2, 0) is 23.7 Å². The van der Waals surface area contributed by atoms with Gasteiger partial charge in [0.15, 0.2) is 0 Å². The first-order valence-corrected chi connectivity index (χ1v) is 10.2. The molecular weight excluding hydrogens is 432 g/mol. The molecule has 9 heteroatoms. The van der Waals surface area contributed by atoms with Gasteiger partial charge < -0.3 is 23.7 Å². The summed E-state index contributed by atoms with van der Waals surface area (Å²) in [6.45, 7) is -0.207. The Labute approximate surface area is 189 Å². The van der Waals surface area contributed by atoms with E-state index in [1.165, 1.54) is 36.4 Å². The third-order valence-corrected chi connectivity index (χ3v) is 4.44. The average molecular weight is 454 g/mol. The van der Waals surface area contributed by atoms with E-state index in [1.807, 2.05) is 0 Å². The summed E-state index contributed by atoms with van der Waals surface area (Å²) in [6, 6.07) is 12.3. The molecule has 0 unspecified atom stereocenters. The number of ether oxygens (including phenoxy) is 5. The molecule has 3 rings (SSSR count). The summed E-state index contributed by atoms with van der Waals surface area (Å²) in [5.74, 6) is -2.78. The lowest BCUT2D eigenvalue weighted by Gasteiger charge is -2.10. The zero-order valence-corrected chi connectivity index (χ0v) is 17.7. The normalized spacial score (nSPS) is 17.7. The minimum absolute atomic E-state index is 0.0591. The number of hydrogen-bond acceptors (Lipinski definition) is 9. The maximum absolute atomic E-state index is 12.4. The van der Waals surface area contributed by atoms with Gasteiger partial charge in [-0.3, -0.25) is 0 Å². The van der Waals surface area contributed by atoms with E-state index in [0.717, 1.165) is 0 Å². The van der Waals surface area contributed by atoms with Gasteiger partial charge in [0.1, 0.15) is 26.4 Å². The standard InChI is InChI=1S/C24H22O9/c25-21-17-7-1-3-9-19(17)23(27)32-15-13-29-14-16-33-24(28)20-10-4-2-8-18(20)22(26)31-12-6-5-11-30-21/h1-10H,11-16H2/b6-5+. The molecule has 0 bridgehead atoms. The van der Waals surface area contributed by atoms with E-state index >= 15 is 0 Å². The number of cyclic esters (lactones) is 4. The molecule has 0 amide bonds. The molecule has 0 saturated carbocycles. The van der Waals surface area contributed by atoms with Crippen LogP contribution in [0, 0.1) is 0 Å². The predicted molar refractivity (Wildman–Crippen MR) is 114 cm³/mol. The Bertz CT molecular complexity index is 960. The van der Waals surface area contributed by atoms with Crippen molar-refractivity contribution in [1.29, 1.82) is 0 Å². The Morgan fingerprint density at radius 2 is 0.788 bits per heavy atom. The number of hydrogen-bond donors (Lipinski definition) is 0. The summed E-state index contributed by atoms with van der Waals surface area (Å²) in [4.78, 5) is 49.4. The average Bonchev–Trinajstić information content (AvgIpc) is 2.84. The predicted octanol–water partition coefficient (Wildman–Crippen LogP) is 2.60. The molecule has 33 heavy (non-hydrogen) atoms. The molecular formula is C24H22O9. The van der Waals surface area contributed by atoms with E-state index in [2.05, 4.69) is 0 Å². The molecule has 1 aliphatic rings. The zero-order valence-electron chi connectivity index (χ0n) is 17.7. The molecule has 0 spiro atoms. The lowest BCUT2D eigenvalue weighted by Crippen LogP contribution is -2.18. The fraction of sp³-hybridized carbons (Fsp3) is 0.250. The minimum atomic E-state index is -0.698. The van der Waals surface area contributed by atoms with Crippen LogP contribution in [0.1, 0.15) is 41.4 Å². The minimum Gasteiger partial charge on any atom is -0.460 e. The smallest absolute Gasteiger partial charge is 0.339 e. The zero-order chi connectivity index (χ0) is 23.5. The first-order chi connectivity index (χ1) is 16.1. The largest absolute Gasteiger partial charge is 0.460 e. The maximum atomic E-state index is 12.4. The van der Waals surface area contributed by atoms with Gasteiger partial charge in [0.05, 0.1) is 35.5 Å². The molecule has 0 fully saturated rings. The van der Waals surface area contributed by atoms with Crippen LogP contribution in [0.2, 0.25) is 0 Å². The van der Waals surface area contributed by atoms with E-state index in [0.29, 0.717) is 0 Å². The van der Waals surface area contributed by atoms with Gasteiger partial charge in [-0.05, 0) is 36.4 Å². The van der Waals surface area contributed by atoms with Crippen LogP contribution < -0.4 is 0 Å². The Morgan fingerprint density at radius 3 is 1.15 bits per heavy atom. The van der Waals surface area contributed by atoms with Crippen LogP contribution in [0.15, 0.2) is 60.7 Å². The van der Waals surface area contributed by atoms with Crippen molar-refractivity contribution in [1.82, 2.24) is 0 Å². The molecule has 0 aliphatic carbocycles. The molecule has 9 nitrogen and oxygen atoms in total. The number of rotatable bonds is 0. The van der Waals surface area contributed by atoms with Gasteiger partial charge >= 0.3 is 23.9 Å². The summed E-state index contributed by atoms with van der Waals surface area (Å²) >= 11 is 0. The first-order valence-electron chi connectivity index (χ1n) is 10.2. The first kappa shape index (κ1) is 23.7. The van der Waals surface area contributed by atoms with Gasteiger partial charge in [-0.2, -0.15) is 0 Å². The fourth-order valence-electron chi connectivity index (χ4n) is 2.86. The number of carbonyl (C=O) groups excluding carboxylic acids is 4. The SMILES string of the molecule is O=C1OC/C=C/COC(=O)c2ccccc2C(=O)OCCOCCOC(=O)c2ccccc21. The Kier molecular flexibility index (Phi) is 8.72. The summed E-state index contributed by atoms with van der Waals surface area (Å²) in [5, 5.41) is 0. The molecule has 2 aromatic carbocycles. The molecule has 0 N–H and O–H groups in total. The van der Waals surface area contributed by atoms with E-state index in [4.69, 9.17) is 23.7 Å². The molecule has 1 aliphatic heterocycles. The summed E-state index contributed by atoms with van der Waals surface area (Å²) in [5.41, 5.74) is 0.270. The monoisotopic (exact) mass is 454 g/mol. The van der Waals surface area contributed by atoms with Crippen molar-refractivity contribution in [2.24, 2.45) is 0 Å². The molecule has 0 atom stereocenters. The summed E-state index contributed by atoms with van der Waals surface area (Å²) in [6.07, 6.45) is 2.98. The highest BCUT2D eigenvalue weighted by atomic mass is 16.6. The molecule has 0 radical (unpaired) electrons. The van der Waals surface area contributed by atoms with Gasteiger partial charge in [0, 0.05) is 0 Å². The molecule has 0 saturated heterocycles. The summed E-state index contributed by atoms with van der Waals surface area (Å²) < 4.78 is 25.9. The molecule has 2 aromatic rings. The van der Waals surface area contributed by atoms with Crippen molar-refractivity contribution < 1.29 is 42.9 Å². The lowest BCUT2D eigenvalue weighted by molar-refractivity contribution is 0.0146. The third kappa shape index (κ3) is 6.75. The quantitative estimate of drug-likeness (QED) is 0.337. The van der Waals surface area contributed by atoms with Crippen LogP contribution >= 0.6 is 0 Å². The van der Waals surface area contributed by atoms with Crippen LogP contribution in [0.3, 0.4) is 0 Å². The number of esters is 4. The van der Waals surface area contributed by atoms with Gasteiger partial charge in [-0.25, -0.2) is 19.2 Å². The van der Waals surface area contributed by atoms with E-state index in [9.17, 15) is 19.2 Å². The van der Waals surface area contributed by atoms with Gasteiger partial charge in [-0.1, -0.05) is 24.3 Å². The van der Waals surface area contributed by atoms with Crippen molar-refractivity contribution in [3.8, 4) is 0 Å². The van der Waals surface area contributed by atoms with Crippen molar-refractivity contribution in [3.05, 3.63) is 82.9 Å². The molecule has 1 heterocycles. The lowest BCUT2D eigenvalue weighted by atomic mass is 10.1. The highest BCUT2D eigenvalue weighted by Gasteiger charge is 2.20. The number of benzene rings is 2. The molecule has 172 valence electrons. The van der Waals surface area contributed by atoms with Gasteiger partial charge in [-0.15, -0.1) is 0 Å². The second-order valence-electron chi connectivity index (χ2n) is 6.64. The van der Waals surface area contributed by atoms with Crippen LogP contribution in [0.25, 0.3) is 0 Å². The Balaban J connectivity index is 1.71. The second-order valence-corrected chi connectivity index (χ2v) is 6.64. The number of carbonyl (C=O) groups is 4. The summed E-state index contributed by atoms with van der Waals surface area (Å²) in [7, 11) is 0. The van der Waals surface area contributed by atoms with E-state index in [1.54, 1.807) is 24.3 Å². The van der Waals surface area contributed by atoms with Crippen molar-refractivity contribution in [2.75, 3.05) is 39.6 Å². The second kappa shape index (κ2) is 12.2. The Hall–Kier alpha value is -3.98. The third-order valence-electron chi connectivity index (χ3n) is 4.44. The molecule has 0 aromatic heterocycles. The Morgan fingerprint density at radius 1 is 0.455 bits per heavy atom. The number of fused-ring (bicyclic) bond motifs is 2.